The zero-order chi connectivity index (χ0) is 16.7. The Morgan fingerprint density at radius 3 is 2.52 bits per heavy atom. The lowest BCUT2D eigenvalue weighted by atomic mass is 10.1. The number of carbonyl (C=O) groups is 1. The first-order valence-corrected chi connectivity index (χ1v) is 7.49. The lowest BCUT2D eigenvalue weighted by Crippen LogP contribution is -2.35. The molecular formula is C17H19N2O3S. The fourth-order valence-corrected chi connectivity index (χ4v) is 2.27. The van der Waals surface area contributed by atoms with Gasteiger partial charge in [0.05, 0.1) is 19.9 Å². The highest BCUT2D eigenvalue weighted by Gasteiger charge is 2.11. The monoisotopic (exact) mass is 331 g/mol. The van der Waals surface area contributed by atoms with Crippen LogP contribution >= 0.6 is 12.8 Å². The molecule has 2 rings (SSSR count). The number of amides is 2. The SMILES string of the molecule is COc1ccc(CCNC(=O)N(S)c2cc[c]cc2)cc1OC. The van der Waals surface area contributed by atoms with Gasteiger partial charge in [0, 0.05) is 6.54 Å². The average molecular weight is 331 g/mol. The van der Waals surface area contributed by atoms with Gasteiger partial charge in [0.2, 0.25) is 0 Å². The third-order valence-corrected chi connectivity index (χ3v) is 3.69. The summed E-state index contributed by atoms with van der Waals surface area (Å²) in [6.07, 6.45) is 0.677. The first-order chi connectivity index (χ1) is 11.2. The average Bonchev–Trinajstić information content (AvgIpc) is 2.61. The maximum absolute atomic E-state index is 12.0. The van der Waals surface area contributed by atoms with Crippen molar-refractivity contribution < 1.29 is 14.3 Å². The van der Waals surface area contributed by atoms with Crippen LogP contribution in [0, 0.1) is 6.07 Å². The molecule has 121 valence electrons. The number of rotatable bonds is 6. The normalized spacial score (nSPS) is 10.0. The van der Waals surface area contributed by atoms with Crippen LogP contribution in [0.1, 0.15) is 5.56 Å². The standard InChI is InChI=1S/C17H19N2O3S/c1-21-15-9-8-13(12-16(15)22-2)10-11-18-17(20)19(23)14-6-4-3-5-7-14/h4-9,12,23H,10-11H2,1-2H3,(H,18,20). The Hall–Kier alpha value is -2.34. The smallest absolute Gasteiger partial charge is 0.331 e. The Bertz CT molecular complexity index is 650. The summed E-state index contributed by atoms with van der Waals surface area (Å²) in [5, 5.41) is 2.82. The molecule has 0 saturated heterocycles. The molecule has 0 unspecified atom stereocenters. The largest absolute Gasteiger partial charge is 0.493 e. The lowest BCUT2D eigenvalue weighted by Gasteiger charge is -2.16. The Labute approximate surface area is 141 Å². The fraction of sp³-hybridized carbons (Fsp3) is 0.235. The first-order valence-electron chi connectivity index (χ1n) is 7.09. The highest BCUT2D eigenvalue weighted by atomic mass is 32.1. The number of anilines is 1. The first kappa shape index (κ1) is 17.0. The maximum atomic E-state index is 12.0. The number of hydrogen-bond donors (Lipinski definition) is 2. The van der Waals surface area contributed by atoms with Gasteiger partial charge in [0.1, 0.15) is 0 Å². The number of nitrogens with zero attached hydrogens (tertiary/aromatic N) is 1. The molecule has 0 bridgehead atoms. The Morgan fingerprint density at radius 2 is 1.87 bits per heavy atom. The summed E-state index contributed by atoms with van der Waals surface area (Å²) in [6, 6.07) is 15.3. The van der Waals surface area contributed by atoms with E-state index >= 15 is 0 Å². The zero-order valence-corrected chi connectivity index (χ0v) is 14.0. The van der Waals surface area contributed by atoms with Gasteiger partial charge in [-0.15, -0.1) is 0 Å². The molecule has 0 spiro atoms. The second-order valence-electron chi connectivity index (χ2n) is 4.74. The van der Waals surface area contributed by atoms with Crippen LogP contribution in [0.4, 0.5) is 10.5 Å². The zero-order valence-electron chi connectivity index (χ0n) is 13.1. The topological polar surface area (TPSA) is 50.8 Å². The van der Waals surface area contributed by atoms with Gasteiger partial charge in [-0.1, -0.05) is 31.0 Å². The van der Waals surface area contributed by atoms with E-state index in [-0.39, 0.29) is 6.03 Å². The van der Waals surface area contributed by atoms with E-state index in [2.05, 4.69) is 24.2 Å². The van der Waals surface area contributed by atoms with Crippen LogP contribution < -0.4 is 19.1 Å². The van der Waals surface area contributed by atoms with Crippen molar-refractivity contribution >= 4 is 24.5 Å². The number of benzene rings is 2. The van der Waals surface area contributed by atoms with Gasteiger partial charge in [-0.05, 0) is 42.3 Å². The van der Waals surface area contributed by atoms with E-state index in [1.54, 1.807) is 38.5 Å². The van der Waals surface area contributed by atoms with Crippen molar-refractivity contribution in [2.75, 3.05) is 25.1 Å². The quantitative estimate of drug-likeness (QED) is 0.800. The number of carbonyl (C=O) groups excluding carboxylic acids is 1. The summed E-state index contributed by atoms with van der Waals surface area (Å²) in [4.78, 5) is 12.0. The number of ether oxygens (including phenoxy) is 2. The van der Waals surface area contributed by atoms with Gasteiger partial charge in [0.25, 0.3) is 0 Å². The molecule has 5 nitrogen and oxygen atoms in total. The molecule has 0 saturated carbocycles. The van der Waals surface area contributed by atoms with Crippen molar-refractivity contribution in [1.29, 1.82) is 0 Å². The number of hydrogen-bond acceptors (Lipinski definition) is 4. The van der Waals surface area contributed by atoms with Crippen LogP contribution in [-0.2, 0) is 6.42 Å². The molecule has 23 heavy (non-hydrogen) atoms. The molecule has 1 radical (unpaired) electrons. The van der Waals surface area contributed by atoms with Crippen molar-refractivity contribution in [3.63, 3.8) is 0 Å². The van der Waals surface area contributed by atoms with Crippen molar-refractivity contribution in [2.24, 2.45) is 0 Å². The van der Waals surface area contributed by atoms with E-state index in [4.69, 9.17) is 9.47 Å². The minimum absolute atomic E-state index is 0.278. The fourth-order valence-electron chi connectivity index (χ4n) is 2.06. The van der Waals surface area contributed by atoms with Crippen LogP contribution in [0.5, 0.6) is 11.5 Å². The predicted octanol–water partition coefficient (Wildman–Crippen LogP) is 3.11. The molecule has 0 fully saturated rings. The highest BCUT2D eigenvalue weighted by molar-refractivity contribution is 7.82. The van der Waals surface area contributed by atoms with E-state index in [9.17, 15) is 4.79 Å². The summed E-state index contributed by atoms with van der Waals surface area (Å²) in [6.45, 7) is 0.490. The van der Waals surface area contributed by atoms with Gasteiger partial charge >= 0.3 is 6.03 Å². The molecule has 0 atom stereocenters. The molecule has 2 aromatic carbocycles. The number of nitrogens with one attached hydrogen (secondary N) is 1. The summed E-state index contributed by atoms with van der Waals surface area (Å²) in [5.74, 6) is 1.36. The van der Waals surface area contributed by atoms with Crippen molar-refractivity contribution in [3.05, 3.63) is 54.1 Å². The second-order valence-corrected chi connectivity index (χ2v) is 5.14. The summed E-state index contributed by atoms with van der Waals surface area (Å²) in [5.41, 5.74) is 1.73. The van der Waals surface area contributed by atoms with Gasteiger partial charge in [0.15, 0.2) is 11.5 Å². The van der Waals surface area contributed by atoms with Gasteiger partial charge in [-0.3, -0.25) is 0 Å². The van der Waals surface area contributed by atoms with E-state index in [0.717, 1.165) is 5.56 Å². The summed E-state index contributed by atoms with van der Waals surface area (Å²) in [7, 11) is 3.19. The Morgan fingerprint density at radius 1 is 1.17 bits per heavy atom. The number of thiol groups is 1. The van der Waals surface area contributed by atoms with Crippen LogP contribution in [0.3, 0.4) is 0 Å². The minimum atomic E-state index is -0.278. The van der Waals surface area contributed by atoms with Crippen molar-refractivity contribution in [3.8, 4) is 11.5 Å². The van der Waals surface area contributed by atoms with E-state index in [1.165, 1.54) is 4.31 Å². The Balaban J connectivity index is 1.88. The summed E-state index contributed by atoms with van der Waals surface area (Å²) < 4.78 is 11.7. The second kappa shape index (κ2) is 8.33. The number of methoxy groups -OCH3 is 2. The van der Waals surface area contributed by atoms with E-state index < -0.39 is 0 Å². The van der Waals surface area contributed by atoms with E-state index in [1.807, 2.05) is 18.2 Å². The van der Waals surface area contributed by atoms with Crippen LogP contribution in [0.25, 0.3) is 0 Å². The van der Waals surface area contributed by atoms with Crippen LogP contribution in [0.15, 0.2) is 42.5 Å². The summed E-state index contributed by atoms with van der Waals surface area (Å²) >= 11 is 4.20. The molecule has 2 aromatic rings. The number of urea groups is 1. The molecule has 0 aromatic heterocycles. The van der Waals surface area contributed by atoms with Gasteiger partial charge in [-0.2, -0.15) is 0 Å². The van der Waals surface area contributed by atoms with E-state index in [0.29, 0.717) is 30.2 Å². The highest BCUT2D eigenvalue weighted by Crippen LogP contribution is 2.27. The third kappa shape index (κ3) is 4.56. The van der Waals surface area contributed by atoms with Gasteiger partial charge in [-0.25, -0.2) is 9.10 Å². The van der Waals surface area contributed by atoms with Crippen LogP contribution in [-0.4, -0.2) is 26.8 Å². The molecule has 0 heterocycles. The molecule has 0 aliphatic rings. The van der Waals surface area contributed by atoms with Crippen molar-refractivity contribution in [1.82, 2.24) is 5.32 Å². The molecular weight excluding hydrogens is 312 g/mol. The Kier molecular flexibility index (Phi) is 6.17. The maximum Gasteiger partial charge on any atom is 0.331 e. The molecule has 1 N–H and O–H groups in total. The van der Waals surface area contributed by atoms with Crippen LogP contribution in [0.2, 0.25) is 0 Å². The molecule has 6 heteroatoms. The van der Waals surface area contributed by atoms with Crippen molar-refractivity contribution in [2.45, 2.75) is 6.42 Å². The van der Waals surface area contributed by atoms with Gasteiger partial charge < -0.3 is 14.8 Å². The predicted molar refractivity (Wildman–Crippen MR) is 93.4 cm³/mol. The third-order valence-electron chi connectivity index (χ3n) is 3.28. The molecule has 2 amide bonds. The molecule has 0 aliphatic carbocycles. The minimum Gasteiger partial charge on any atom is -0.493 e. The lowest BCUT2D eigenvalue weighted by molar-refractivity contribution is 0.250. The molecule has 0 aliphatic heterocycles.